The van der Waals surface area contributed by atoms with Gasteiger partial charge >= 0.3 is 0 Å². The minimum Gasteiger partial charge on any atom is -0.352 e. The number of aromatic nitrogens is 3. The molecule has 2 aliphatic rings. The predicted octanol–water partition coefficient (Wildman–Crippen LogP) is 2.88. The van der Waals surface area contributed by atoms with Crippen LogP contribution in [0.25, 0.3) is 11.0 Å². The molecule has 156 valence electrons. The zero-order valence-electron chi connectivity index (χ0n) is 17.6. The third-order valence-electron chi connectivity index (χ3n) is 6.55. The topological polar surface area (TPSA) is 84.8 Å². The molecule has 0 N–H and O–H groups in total. The molecule has 3 aromatic rings. The first kappa shape index (κ1) is 19.5. The van der Waals surface area contributed by atoms with Gasteiger partial charge in [0.2, 0.25) is 0 Å². The maximum absolute atomic E-state index is 9.74. The summed E-state index contributed by atoms with van der Waals surface area (Å²) < 4.78 is 2.30. The second-order valence-corrected chi connectivity index (χ2v) is 8.32. The Hall–Kier alpha value is -3.42. The highest BCUT2D eigenvalue weighted by molar-refractivity contribution is 5.92. The highest BCUT2D eigenvalue weighted by Crippen LogP contribution is 2.34. The largest absolute Gasteiger partial charge is 0.352 e. The average molecular weight is 412 g/mol. The van der Waals surface area contributed by atoms with Gasteiger partial charge in [-0.15, -0.1) is 0 Å². The van der Waals surface area contributed by atoms with Crippen molar-refractivity contribution in [3.8, 4) is 12.1 Å². The van der Waals surface area contributed by atoms with E-state index in [4.69, 9.17) is 5.26 Å². The van der Waals surface area contributed by atoms with E-state index in [0.717, 1.165) is 93.1 Å². The summed E-state index contributed by atoms with van der Waals surface area (Å²) in [5.74, 6) is 0.974. The summed E-state index contributed by atoms with van der Waals surface area (Å²) >= 11 is 0. The second-order valence-electron chi connectivity index (χ2n) is 8.32. The van der Waals surface area contributed by atoms with Crippen LogP contribution < -0.4 is 4.90 Å². The van der Waals surface area contributed by atoms with Crippen molar-refractivity contribution in [1.82, 2.24) is 19.4 Å². The van der Waals surface area contributed by atoms with Crippen LogP contribution in [-0.4, -0.2) is 52.2 Å². The van der Waals surface area contributed by atoms with Crippen molar-refractivity contribution in [1.29, 1.82) is 10.5 Å². The summed E-state index contributed by atoms with van der Waals surface area (Å²) in [5, 5.41) is 18.7. The van der Waals surface area contributed by atoms with E-state index in [1.165, 1.54) is 5.56 Å². The number of fused-ring (bicyclic) bond motifs is 3. The molecule has 0 radical (unpaired) electrons. The van der Waals surface area contributed by atoms with Crippen molar-refractivity contribution >= 4 is 16.9 Å². The number of rotatable bonds is 4. The van der Waals surface area contributed by atoms with Crippen molar-refractivity contribution in [2.75, 3.05) is 37.6 Å². The number of aryl methyl sites for hydroxylation is 1. The molecule has 0 spiro atoms. The van der Waals surface area contributed by atoms with E-state index >= 15 is 0 Å². The number of anilines is 1. The van der Waals surface area contributed by atoms with Gasteiger partial charge in [-0.3, -0.25) is 4.90 Å². The SMILES string of the molecule is N#Cc1ccc(CCN2CCN(c3ncnc4c(C#N)c5n(c34)CCCC5)CC2)cc1. The maximum atomic E-state index is 9.74. The Morgan fingerprint density at radius 2 is 1.71 bits per heavy atom. The van der Waals surface area contributed by atoms with E-state index in [1.54, 1.807) is 6.33 Å². The van der Waals surface area contributed by atoms with Crippen molar-refractivity contribution in [2.45, 2.75) is 32.2 Å². The zero-order chi connectivity index (χ0) is 21.2. The van der Waals surface area contributed by atoms with Crippen molar-refractivity contribution in [2.24, 2.45) is 0 Å². The van der Waals surface area contributed by atoms with Gasteiger partial charge in [0.05, 0.1) is 17.2 Å². The zero-order valence-corrected chi connectivity index (χ0v) is 17.6. The summed E-state index contributed by atoms with van der Waals surface area (Å²) in [7, 11) is 0. The summed E-state index contributed by atoms with van der Waals surface area (Å²) in [5.41, 5.74) is 5.70. The van der Waals surface area contributed by atoms with Crippen molar-refractivity contribution in [3.05, 3.63) is 53.0 Å². The lowest BCUT2D eigenvalue weighted by Crippen LogP contribution is -2.47. The fourth-order valence-electron chi connectivity index (χ4n) is 4.84. The molecule has 0 amide bonds. The van der Waals surface area contributed by atoms with Crippen LogP contribution in [0.4, 0.5) is 5.82 Å². The van der Waals surface area contributed by atoms with Crippen LogP contribution in [0, 0.1) is 22.7 Å². The summed E-state index contributed by atoms with van der Waals surface area (Å²) in [4.78, 5) is 14.0. The fourth-order valence-corrected chi connectivity index (χ4v) is 4.84. The third-order valence-corrected chi connectivity index (χ3v) is 6.55. The maximum Gasteiger partial charge on any atom is 0.156 e. The highest BCUT2D eigenvalue weighted by Gasteiger charge is 2.27. The molecule has 1 saturated heterocycles. The first-order valence-corrected chi connectivity index (χ1v) is 11.0. The Bertz CT molecular complexity index is 1170. The van der Waals surface area contributed by atoms with Crippen LogP contribution in [0.1, 0.15) is 35.2 Å². The lowest BCUT2D eigenvalue weighted by molar-refractivity contribution is 0.260. The molecule has 0 atom stereocenters. The molecule has 0 saturated carbocycles. The van der Waals surface area contributed by atoms with E-state index in [1.807, 2.05) is 12.1 Å². The van der Waals surface area contributed by atoms with Gasteiger partial charge in [-0.25, -0.2) is 9.97 Å². The number of piperazine rings is 1. The number of nitriles is 2. The standard InChI is InChI=1S/C24H25N7/c25-15-19-6-4-18(5-7-19)8-10-29-11-13-30(14-12-29)24-23-22(27-17-28-24)20(16-26)21-3-1-2-9-31(21)23/h4-7,17H,1-3,8-14H2. The summed E-state index contributed by atoms with van der Waals surface area (Å²) in [6, 6.07) is 12.5. The van der Waals surface area contributed by atoms with Gasteiger partial charge in [-0.05, 0) is 43.4 Å². The van der Waals surface area contributed by atoms with Gasteiger partial charge in [0.1, 0.15) is 23.4 Å². The van der Waals surface area contributed by atoms with Gasteiger partial charge < -0.3 is 9.47 Å². The van der Waals surface area contributed by atoms with E-state index in [9.17, 15) is 5.26 Å². The van der Waals surface area contributed by atoms with Crippen LogP contribution >= 0.6 is 0 Å². The second kappa shape index (κ2) is 8.37. The molecular formula is C24H25N7. The summed E-state index contributed by atoms with van der Waals surface area (Å²) in [6.07, 6.45) is 5.82. The lowest BCUT2D eigenvalue weighted by atomic mass is 10.1. The normalized spacial score (nSPS) is 16.6. The van der Waals surface area contributed by atoms with E-state index < -0.39 is 0 Å². The van der Waals surface area contributed by atoms with E-state index in [2.05, 4.69) is 48.6 Å². The molecule has 4 heterocycles. The molecule has 0 unspecified atom stereocenters. The minimum absolute atomic E-state index is 0.709. The van der Waals surface area contributed by atoms with Gasteiger partial charge in [0.25, 0.3) is 0 Å². The molecule has 31 heavy (non-hydrogen) atoms. The van der Waals surface area contributed by atoms with Gasteiger partial charge in [0, 0.05) is 45.0 Å². The Labute approximate surface area is 182 Å². The number of benzene rings is 1. The average Bonchev–Trinajstić information content (AvgIpc) is 3.17. The van der Waals surface area contributed by atoms with Gasteiger partial charge in [-0.1, -0.05) is 12.1 Å². The molecule has 7 heteroatoms. The smallest absolute Gasteiger partial charge is 0.156 e. The molecule has 1 fully saturated rings. The lowest BCUT2D eigenvalue weighted by Gasteiger charge is -2.35. The van der Waals surface area contributed by atoms with Crippen molar-refractivity contribution < 1.29 is 0 Å². The van der Waals surface area contributed by atoms with Crippen LogP contribution in [0.5, 0.6) is 0 Å². The molecule has 2 aliphatic heterocycles. The minimum atomic E-state index is 0.709. The molecule has 7 nitrogen and oxygen atoms in total. The Morgan fingerprint density at radius 3 is 2.45 bits per heavy atom. The predicted molar refractivity (Wildman–Crippen MR) is 119 cm³/mol. The van der Waals surface area contributed by atoms with Crippen LogP contribution in [0.3, 0.4) is 0 Å². The molecule has 0 aliphatic carbocycles. The van der Waals surface area contributed by atoms with Crippen LogP contribution in [0.2, 0.25) is 0 Å². The number of hydrogen-bond donors (Lipinski definition) is 0. The molecule has 0 bridgehead atoms. The Morgan fingerprint density at radius 1 is 0.903 bits per heavy atom. The van der Waals surface area contributed by atoms with Gasteiger partial charge in [-0.2, -0.15) is 10.5 Å². The van der Waals surface area contributed by atoms with Crippen molar-refractivity contribution in [3.63, 3.8) is 0 Å². The first-order valence-electron chi connectivity index (χ1n) is 11.0. The van der Waals surface area contributed by atoms with Crippen LogP contribution in [-0.2, 0) is 19.4 Å². The van der Waals surface area contributed by atoms with E-state index in [-0.39, 0.29) is 0 Å². The fraction of sp³-hybridized carbons (Fsp3) is 0.417. The number of hydrogen-bond acceptors (Lipinski definition) is 6. The first-order chi connectivity index (χ1) is 15.3. The monoisotopic (exact) mass is 411 g/mol. The summed E-state index contributed by atoms with van der Waals surface area (Å²) in [6.45, 7) is 5.77. The van der Waals surface area contributed by atoms with Gasteiger partial charge in [0.15, 0.2) is 5.82 Å². The molecule has 5 rings (SSSR count). The Kier molecular flexibility index (Phi) is 5.28. The molecule has 2 aromatic heterocycles. The van der Waals surface area contributed by atoms with Crippen LogP contribution in [0.15, 0.2) is 30.6 Å². The van der Waals surface area contributed by atoms with E-state index in [0.29, 0.717) is 5.56 Å². The molecular weight excluding hydrogens is 386 g/mol. The quantitative estimate of drug-likeness (QED) is 0.656. The number of nitrogens with zero attached hydrogens (tertiary/aromatic N) is 7. The Balaban J connectivity index is 1.30. The highest BCUT2D eigenvalue weighted by atomic mass is 15.3. The third kappa shape index (κ3) is 3.62. The molecule has 1 aromatic carbocycles.